The Kier molecular flexibility index (Phi) is 18.5. The van der Waals surface area contributed by atoms with E-state index in [1.807, 2.05) is 101 Å². The summed E-state index contributed by atoms with van der Waals surface area (Å²) in [7, 11) is 1.95. The van der Waals surface area contributed by atoms with Crippen molar-refractivity contribution in [1.29, 1.82) is 0 Å². The molecule has 250 valence electrons. The van der Waals surface area contributed by atoms with Crippen LogP contribution in [0.25, 0.3) is 0 Å². The number of thiophene rings is 1. The molecule has 3 aromatic rings. The van der Waals surface area contributed by atoms with Crippen LogP contribution in [0.1, 0.15) is 91.9 Å². The predicted molar refractivity (Wildman–Crippen MR) is 189 cm³/mol. The highest BCUT2D eigenvalue weighted by molar-refractivity contribution is 7.07. The van der Waals surface area contributed by atoms with E-state index >= 15 is 0 Å². The second-order valence-corrected chi connectivity index (χ2v) is 12.2. The second kappa shape index (κ2) is 21.1. The van der Waals surface area contributed by atoms with Gasteiger partial charge in [-0.15, -0.1) is 0 Å². The third kappa shape index (κ3) is 15.3. The van der Waals surface area contributed by atoms with Crippen LogP contribution in [-0.2, 0) is 9.53 Å². The fourth-order valence-corrected chi connectivity index (χ4v) is 4.59. The number of hydrogen-bond donors (Lipinski definition) is 1. The number of ether oxygens (including phenoxy) is 2. The first-order valence-corrected chi connectivity index (χ1v) is 16.9. The number of aromatic nitrogens is 2. The Morgan fingerprint density at radius 1 is 1.11 bits per heavy atom. The van der Waals surface area contributed by atoms with Crippen LogP contribution in [-0.4, -0.2) is 60.7 Å². The van der Waals surface area contributed by atoms with Gasteiger partial charge in [-0.1, -0.05) is 52.3 Å². The van der Waals surface area contributed by atoms with Crippen molar-refractivity contribution < 1.29 is 19.1 Å². The molecule has 10 heteroatoms. The number of nitrogens with one attached hydrogen (secondary N) is 1. The number of nitrogens with zero attached hydrogens (tertiary/aromatic N) is 4. The highest BCUT2D eigenvalue weighted by Gasteiger charge is 2.28. The average Bonchev–Trinajstić information content (AvgIpc) is 3.57. The zero-order valence-electron chi connectivity index (χ0n) is 29.1. The number of carbonyl (C=O) groups excluding carboxylic acids is 2. The standard InChI is InChI=1S/C23H33N5O2.C6H12O2.C4H4S.C2H6/c1-5-17(3)9-8-14-30-19-11-7-10-18(15-19)28-13-12-27(4)21-20(22(28)29)16-25-23(26-21)24-6-2;1-5(7)8-6(2,3)4;1-2-4-5-3-1;1-2/h7,10-11,15-17H,5-6,8-9,12-14H2,1-4H3,(H,24,25,26);1-4H3;1-4H;1-2H3. The van der Waals surface area contributed by atoms with Crippen LogP contribution in [0, 0.1) is 5.92 Å². The van der Waals surface area contributed by atoms with Gasteiger partial charge in [0.05, 0.1) is 6.61 Å². The van der Waals surface area contributed by atoms with E-state index in [1.165, 1.54) is 19.8 Å². The van der Waals surface area contributed by atoms with Crippen molar-refractivity contribution in [2.45, 2.75) is 87.2 Å². The number of benzene rings is 1. The summed E-state index contributed by atoms with van der Waals surface area (Å²) in [5.41, 5.74) is 1.01. The third-order valence-corrected chi connectivity index (χ3v) is 7.04. The summed E-state index contributed by atoms with van der Waals surface area (Å²) in [6.07, 6.45) is 5.01. The normalized spacial score (nSPS) is 12.9. The van der Waals surface area contributed by atoms with Gasteiger partial charge in [0.15, 0.2) is 0 Å². The lowest BCUT2D eigenvalue weighted by atomic mass is 10.0. The van der Waals surface area contributed by atoms with Crippen molar-refractivity contribution in [2.75, 3.05) is 48.4 Å². The molecule has 0 aliphatic carbocycles. The lowest BCUT2D eigenvalue weighted by Gasteiger charge is -2.21. The van der Waals surface area contributed by atoms with E-state index in [4.69, 9.17) is 9.47 Å². The lowest BCUT2D eigenvalue weighted by Crippen LogP contribution is -2.33. The van der Waals surface area contributed by atoms with E-state index in [0.717, 1.165) is 30.3 Å². The largest absolute Gasteiger partial charge is 0.494 e. The van der Waals surface area contributed by atoms with Gasteiger partial charge < -0.3 is 24.6 Å². The van der Waals surface area contributed by atoms with Gasteiger partial charge in [-0.3, -0.25) is 9.59 Å². The summed E-state index contributed by atoms with van der Waals surface area (Å²) < 4.78 is 10.7. The third-order valence-electron chi connectivity index (χ3n) is 6.41. The molecule has 1 N–H and O–H groups in total. The minimum atomic E-state index is -0.328. The summed E-state index contributed by atoms with van der Waals surface area (Å²) in [5, 5.41) is 7.19. The van der Waals surface area contributed by atoms with Crippen molar-refractivity contribution in [3.05, 3.63) is 58.9 Å². The molecule has 0 saturated carbocycles. The fourth-order valence-electron chi connectivity index (χ4n) is 4.13. The van der Waals surface area contributed by atoms with Crippen LogP contribution >= 0.6 is 11.3 Å². The molecule has 1 atom stereocenters. The molecule has 1 unspecified atom stereocenters. The molecule has 1 aromatic carbocycles. The summed E-state index contributed by atoms with van der Waals surface area (Å²) in [4.78, 5) is 36.2. The van der Waals surface area contributed by atoms with E-state index in [9.17, 15) is 9.59 Å². The summed E-state index contributed by atoms with van der Waals surface area (Å²) in [6.45, 7) is 20.1. The molecule has 0 fully saturated rings. The van der Waals surface area contributed by atoms with Gasteiger partial charge in [0, 0.05) is 51.6 Å². The number of likely N-dealkylation sites (N-methyl/N-ethyl adjacent to an activating group) is 1. The maximum absolute atomic E-state index is 13.3. The molecule has 2 aromatic heterocycles. The molecule has 1 aliphatic rings. The number of anilines is 3. The smallest absolute Gasteiger partial charge is 0.303 e. The first-order valence-electron chi connectivity index (χ1n) is 16.0. The Balaban J connectivity index is 0.000000556. The van der Waals surface area contributed by atoms with Crippen LogP contribution in [0.15, 0.2) is 53.4 Å². The average molecular weight is 642 g/mol. The topological polar surface area (TPSA) is 96.9 Å². The van der Waals surface area contributed by atoms with E-state index in [0.29, 0.717) is 37.0 Å². The van der Waals surface area contributed by atoms with E-state index in [-0.39, 0.29) is 17.5 Å². The SMILES string of the molecule is CC.CC(=O)OC(C)(C)C.CCNc1ncc2c(n1)N(C)CCN(c1cccc(OCCCC(C)CC)c1)C2=O.c1ccsc1. The molecule has 1 aliphatic heterocycles. The van der Waals surface area contributed by atoms with Crippen LogP contribution in [0.2, 0.25) is 0 Å². The van der Waals surface area contributed by atoms with Gasteiger partial charge in [0.1, 0.15) is 22.7 Å². The van der Waals surface area contributed by atoms with Crippen molar-refractivity contribution in [3.8, 4) is 5.75 Å². The molecule has 4 rings (SSSR count). The van der Waals surface area contributed by atoms with Crippen molar-refractivity contribution in [2.24, 2.45) is 5.92 Å². The van der Waals surface area contributed by atoms with Crippen LogP contribution in [0.5, 0.6) is 5.75 Å². The zero-order chi connectivity index (χ0) is 33.8. The van der Waals surface area contributed by atoms with Crippen molar-refractivity contribution in [3.63, 3.8) is 0 Å². The van der Waals surface area contributed by atoms with Crippen molar-refractivity contribution in [1.82, 2.24) is 9.97 Å². The van der Waals surface area contributed by atoms with Crippen molar-refractivity contribution >= 4 is 40.7 Å². The number of amides is 1. The van der Waals surface area contributed by atoms with Crippen LogP contribution in [0.3, 0.4) is 0 Å². The molecule has 0 bridgehead atoms. The lowest BCUT2D eigenvalue weighted by molar-refractivity contribution is -0.151. The Labute approximate surface area is 275 Å². The molecular weight excluding hydrogens is 586 g/mol. The minimum absolute atomic E-state index is 0.0914. The van der Waals surface area contributed by atoms with Gasteiger partial charge in [-0.2, -0.15) is 16.3 Å². The Hall–Kier alpha value is -3.66. The minimum Gasteiger partial charge on any atom is -0.494 e. The molecule has 0 saturated heterocycles. The molecule has 45 heavy (non-hydrogen) atoms. The zero-order valence-corrected chi connectivity index (χ0v) is 29.9. The van der Waals surface area contributed by atoms with Gasteiger partial charge in [-0.25, -0.2) is 4.98 Å². The number of rotatable bonds is 9. The van der Waals surface area contributed by atoms with Gasteiger partial charge in [0.25, 0.3) is 5.91 Å². The monoisotopic (exact) mass is 641 g/mol. The van der Waals surface area contributed by atoms with E-state index < -0.39 is 0 Å². The highest BCUT2D eigenvalue weighted by atomic mass is 32.1. The van der Waals surface area contributed by atoms with Gasteiger partial charge in [0.2, 0.25) is 5.95 Å². The predicted octanol–water partition coefficient (Wildman–Crippen LogP) is 8.33. The van der Waals surface area contributed by atoms with Crippen LogP contribution in [0.4, 0.5) is 17.5 Å². The molecule has 9 nitrogen and oxygen atoms in total. The van der Waals surface area contributed by atoms with Gasteiger partial charge >= 0.3 is 5.97 Å². The second-order valence-electron chi connectivity index (χ2n) is 11.3. The maximum Gasteiger partial charge on any atom is 0.303 e. The highest BCUT2D eigenvalue weighted by Crippen LogP contribution is 2.28. The number of esters is 1. The van der Waals surface area contributed by atoms with E-state index in [2.05, 4.69) is 29.1 Å². The number of hydrogen-bond acceptors (Lipinski definition) is 9. The first-order chi connectivity index (χ1) is 21.4. The fraction of sp³-hybridized carbons (Fsp3) is 0.543. The molecule has 3 heterocycles. The summed E-state index contributed by atoms with van der Waals surface area (Å²) >= 11 is 1.71. The molecule has 1 amide bonds. The Morgan fingerprint density at radius 3 is 2.33 bits per heavy atom. The Bertz CT molecular complexity index is 1230. The van der Waals surface area contributed by atoms with E-state index in [1.54, 1.807) is 22.4 Å². The molecule has 0 spiro atoms. The Morgan fingerprint density at radius 2 is 1.80 bits per heavy atom. The van der Waals surface area contributed by atoms with Crippen LogP contribution < -0.4 is 19.9 Å². The summed E-state index contributed by atoms with van der Waals surface area (Å²) in [6, 6.07) is 11.8. The molecule has 0 radical (unpaired) electrons. The maximum atomic E-state index is 13.3. The van der Waals surface area contributed by atoms with Gasteiger partial charge in [-0.05, 0) is 69.3 Å². The first kappa shape index (κ1) is 39.4. The quantitative estimate of drug-likeness (QED) is 0.184. The number of carbonyl (C=O) groups is 2. The molecular formula is C35H55N5O4S. The number of fused-ring (bicyclic) bond motifs is 1. The summed E-state index contributed by atoms with van der Waals surface area (Å²) in [5.74, 6) is 2.40.